The van der Waals surface area contributed by atoms with Gasteiger partial charge in [-0.25, -0.2) is 0 Å². The van der Waals surface area contributed by atoms with Crippen molar-refractivity contribution < 1.29 is 14.3 Å². The summed E-state index contributed by atoms with van der Waals surface area (Å²) in [5.74, 6) is 1.26. The van der Waals surface area contributed by atoms with Gasteiger partial charge in [-0.15, -0.1) is 16.8 Å². The fourth-order valence-electron chi connectivity index (χ4n) is 2.96. The third-order valence-electron chi connectivity index (χ3n) is 4.64. The number of methoxy groups -OCH3 is 1. The van der Waals surface area contributed by atoms with Gasteiger partial charge in [0, 0.05) is 22.1 Å². The van der Waals surface area contributed by atoms with Gasteiger partial charge in [0.25, 0.3) is 5.91 Å². The summed E-state index contributed by atoms with van der Waals surface area (Å²) in [6, 6.07) is 13.7. The summed E-state index contributed by atoms with van der Waals surface area (Å²) in [6.07, 6.45) is 1.73. The van der Waals surface area contributed by atoms with Crippen molar-refractivity contribution in [2.45, 2.75) is 24.7 Å². The standard InChI is InChI=1S/C23H23BrN4O3S/c1-4-13-28-21(15(2)25-22(30)17-7-11-19(31-3)12-8-17)26-27-23(28)32-14-20(29)16-5-9-18(24)10-6-16/h4-12,15H,1,13-14H2,2-3H3,(H,25,30). The van der Waals surface area contributed by atoms with Crippen LogP contribution in [0, 0.1) is 0 Å². The number of hydrogen-bond donors (Lipinski definition) is 1. The number of allylic oxidation sites excluding steroid dienone is 1. The van der Waals surface area contributed by atoms with Gasteiger partial charge < -0.3 is 14.6 Å². The molecule has 0 radical (unpaired) electrons. The first kappa shape index (κ1) is 23.7. The quantitative estimate of drug-likeness (QED) is 0.239. The van der Waals surface area contributed by atoms with Crippen LogP contribution < -0.4 is 10.1 Å². The summed E-state index contributed by atoms with van der Waals surface area (Å²) < 4.78 is 7.90. The van der Waals surface area contributed by atoms with E-state index >= 15 is 0 Å². The molecule has 2 aromatic carbocycles. The molecule has 0 bridgehead atoms. The Morgan fingerprint density at radius 2 is 1.81 bits per heavy atom. The van der Waals surface area contributed by atoms with E-state index < -0.39 is 6.04 Å². The fourth-order valence-corrected chi connectivity index (χ4v) is 4.08. The largest absolute Gasteiger partial charge is 0.497 e. The highest BCUT2D eigenvalue weighted by Gasteiger charge is 2.20. The van der Waals surface area contributed by atoms with Gasteiger partial charge in [0.15, 0.2) is 16.8 Å². The van der Waals surface area contributed by atoms with Crippen molar-refractivity contribution in [3.8, 4) is 5.75 Å². The van der Waals surface area contributed by atoms with Gasteiger partial charge >= 0.3 is 0 Å². The lowest BCUT2D eigenvalue weighted by atomic mass is 10.2. The predicted molar refractivity (Wildman–Crippen MR) is 128 cm³/mol. The van der Waals surface area contributed by atoms with E-state index in [0.717, 1.165) is 4.47 Å². The monoisotopic (exact) mass is 514 g/mol. The predicted octanol–water partition coefficient (Wildman–Crippen LogP) is 4.70. The van der Waals surface area contributed by atoms with Crippen LogP contribution in [0.5, 0.6) is 5.75 Å². The highest BCUT2D eigenvalue weighted by atomic mass is 79.9. The number of rotatable bonds is 10. The lowest BCUT2D eigenvalue weighted by molar-refractivity contribution is 0.0936. The minimum absolute atomic E-state index is 0.00180. The molecule has 0 fully saturated rings. The number of carbonyl (C=O) groups is 2. The van der Waals surface area contributed by atoms with Gasteiger partial charge in [-0.3, -0.25) is 9.59 Å². The molecular formula is C23H23BrN4O3S. The maximum Gasteiger partial charge on any atom is 0.251 e. The molecule has 1 heterocycles. The van der Waals surface area contributed by atoms with E-state index in [1.807, 2.05) is 23.6 Å². The molecule has 1 atom stereocenters. The lowest BCUT2D eigenvalue weighted by Gasteiger charge is -2.15. The van der Waals surface area contributed by atoms with E-state index in [9.17, 15) is 9.59 Å². The summed E-state index contributed by atoms with van der Waals surface area (Å²) in [7, 11) is 1.58. The number of aromatic nitrogens is 3. The zero-order chi connectivity index (χ0) is 23.1. The van der Waals surface area contributed by atoms with Crippen LogP contribution in [-0.2, 0) is 6.54 Å². The number of benzene rings is 2. The average Bonchev–Trinajstić information content (AvgIpc) is 3.21. The Hall–Kier alpha value is -2.91. The van der Waals surface area contributed by atoms with Crippen molar-refractivity contribution >= 4 is 39.4 Å². The van der Waals surface area contributed by atoms with Gasteiger partial charge in [-0.2, -0.15) is 0 Å². The molecule has 1 N–H and O–H groups in total. The van der Waals surface area contributed by atoms with Crippen LogP contribution in [0.15, 0.2) is 70.8 Å². The summed E-state index contributed by atoms with van der Waals surface area (Å²) in [5.41, 5.74) is 1.15. The van der Waals surface area contributed by atoms with Crippen LogP contribution in [0.3, 0.4) is 0 Å². The number of hydrogen-bond acceptors (Lipinski definition) is 6. The highest BCUT2D eigenvalue weighted by molar-refractivity contribution is 9.10. The van der Waals surface area contributed by atoms with Crippen molar-refractivity contribution in [3.63, 3.8) is 0 Å². The minimum Gasteiger partial charge on any atom is -0.497 e. The number of halogens is 1. The third kappa shape index (κ3) is 5.86. The Morgan fingerprint density at radius 1 is 1.16 bits per heavy atom. The molecule has 0 saturated heterocycles. The lowest BCUT2D eigenvalue weighted by Crippen LogP contribution is -2.28. The molecule has 0 aliphatic rings. The van der Waals surface area contributed by atoms with E-state index in [1.165, 1.54) is 11.8 Å². The Kier molecular flexibility index (Phi) is 8.24. The smallest absolute Gasteiger partial charge is 0.251 e. The minimum atomic E-state index is -0.395. The van der Waals surface area contributed by atoms with E-state index in [-0.39, 0.29) is 17.4 Å². The summed E-state index contributed by atoms with van der Waals surface area (Å²) in [6.45, 7) is 6.09. The molecule has 1 aromatic heterocycles. The van der Waals surface area contributed by atoms with E-state index in [0.29, 0.717) is 34.4 Å². The van der Waals surface area contributed by atoms with E-state index in [1.54, 1.807) is 49.6 Å². The molecule has 1 amide bonds. The Balaban J connectivity index is 1.69. The van der Waals surface area contributed by atoms with Crippen LogP contribution in [0.2, 0.25) is 0 Å². The Labute approximate surface area is 199 Å². The van der Waals surface area contributed by atoms with E-state index in [4.69, 9.17) is 4.74 Å². The van der Waals surface area contributed by atoms with Gasteiger partial charge in [-0.05, 0) is 43.3 Å². The van der Waals surface area contributed by atoms with Gasteiger partial charge in [0.2, 0.25) is 0 Å². The Morgan fingerprint density at radius 3 is 2.44 bits per heavy atom. The van der Waals surface area contributed by atoms with Crippen molar-refractivity contribution in [1.29, 1.82) is 0 Å². The number of nitrogens with zero attached hydrogens (tertiary/aromatic N) is 3. The molecule has 32 heavy (non-hydrogen) atoms. The number of nitrogens with one attached hydrogen (secondary N) is 1. The number of ether oxygens (including phenoxy) is 1. The van der Waals surface area contributed by atoms with Crippen LogP contribution in [0.4, 0.5) is 0 Å². The molecule has 9 heteroatoms. The first-order chi connectivity index (χ1) is 15.4. The number of Topliss-reactive ketones (excluding diaryl/α,β-unsaturated/α-hetero) is 1. The first-order valence-electron chi connectivity index (χ1n) is 9.83. The second-order valence-corrected chi connectivity index (χ2v) is 8.74. The van der Waals surface area contributed by atoms with Crippen molar-refractivity contribution in [2.75, 3.05) is 12.9 Å². The molecular weight excluding hydrogens is 492 g/mol. The van der Waals surface area contributed by atoms with Crippen LogP contribution >= 0.6 is 27.7 Å². The third-order valence-corrected chi connectivity index (χ3v) is 6.14. The molecule has 3 rings (SSSR count). The molecule has 3 aromatic rings. The molecule has 166 valence electrons. The van der Waals surface area contributed by atoms with Crippen LogP contribution in [0.25, 0.3) is 0 Å². The average molecular weight is 515 g/mol. The van der Waals surface area contributed by atoms with E-state index in [2.05, 4.69) is 38.0 Å². The normalized spacial score (nSPS) is 11.6. The number of ketones is 1. The van der Waals surface area contributed by atoms with Crippen LogP contribution in [-0.4, -0.2) is 39.3 Å². The fraction of sp³-hybridized carbons (Fsp3) is 0.217. The van der Waals surface area contributed by atoms with Crippen molar-refractivity contribution in [3.05, 3.63) is 82.6 Å². The molecule has 7 nitrogen and oxygen atoms in total. The molecule has 0 aliphatic carbocycles. The van der Waals surface area contributed by atoms with Crippen LogP contribution in [0.1, 0.15) is 39.5 Å². The molecule has 0 saturated carbocycles. The highest BCUT2D eigenvalue weighted by Crippen LogP contribution is 2.23. The number of carbonyl (C=O) groups excluding carboxylic acids is 2. The maximum atomic E-state index is 12.6. The summed E-state index contributed by atoms with van der Waals surface area (Å²) >= 11 is 4.67. The molecule has 0 spiro atoms. The second-order valence-electron chi connectivity index (χ2n) is 6.88. The van der Waals surface area contributed by atoms with Crippen molar-refractivity contribution in [1.82, 2.24) is 20.1 Å². The topological polar surface area (TPSA) is 86.1 Å². The maximum absolute atomic E-state index is 12.6. The Bertz CT molecular complexity index is 1100. The van der Waals surface area contributed by atoms with Crippen molar-refractivity contribution in [2.24, 2.45) is 0 Å². The molecule has 0 aliphatic heterocycles. The van der Waals surface area contributed by atoms with Gasteiger partial charge in [0.05, 0.1) is 18.9 Å². The number of amides is 1. The summed E-state index contributed by atoms with van der Waals surface area (Å²) in [5, 5.41) is 12.0. The molecule has 1 unspecified atom stereocenters. The second kappa shape index (κ2) is 11.1. The van der Waals surface area contributed by atoms with Gasteiger partial charge in [0.1, 0.15) is 5.75 Å². The summed E-state index contributed by atoms with van der Waals surface area (Å²) in [4.78, 5) is 25.1. The van der Waals surface area contributed by atoms with Gasteiger partial charge in [-0.1, -0.05) is 45.9 Å². The zero-order valence-electron chi connectivity index (χ0n) is 17.7. The first-order valence-corrected chi connectivity index (χ1v) is 11.6. The number of thioether (sulfide) groups is 1. The zero-order valence-corrected chi connectivity index (χ0v) is 20.1. The SMILES string of the molecule is C=CCn1c(SCC(=O)c2ccc(Br)cc2)nnc1C(C)NC(=O)c1ccc(OC)cc1.